The van der Waals surface area contributed by atoms with Crippen LogP contribution in [0.3, 0.4) is 0 Å². The van der Waals surface area contributed by atoms with Gasteiger partial charge in [0.2, 0.25) is 0 Å². The lowest BCUT2D eigenvalue weighted by Gasteiger charge is -2.15. The average Bonchev–Trinajstić information content (AvgIpc) is 2.32. The molecule has 0 bridgehead atoms. The van der Waals surface area contributed by atoms with E-state index in [1.807, 2.05) is 19.9 Å². The van der Waals surface area contributed by atoms with Gasteiger partial charge in [-0.25, -0.2) is 9.97 Å². The normalized spacial score (nSPS) is 12.7. The van der Waals surface area contributed by atoms with Crippen LogP contribution in [-0.2, 0) is 0 Å². The van der Waals surface area contributed by atoms with Gasteiger partial charge in [-0.15, -0.1) is 0 Å². The molecule has 1 heterocycles. The zero-order chi connectivity index (χ0) is 13.4. The summed E-state index contributed by atoms with van der Waals surface area (Å²) >= 11 is 1.65. The van der Waals surface area contributed by atoms with Gasteiger partial charge in [0.1, 0.15) is 0 Å². The Morgan fingerprint density at radius 3 is 2.56 bits per heavy atom. The first kappa shape index (κ1) is 15.4. The minimum absolute atomic E-state index is 0.184. The molecule has 2 N–H and O–H groups in total. The van der Waals surface area contributed by atoms with Crippen molar-refractivity contribution in [2.75, 3.05) is 18.9 Å². The Morgan fingerprint density at radius 2 is 2.00 bits per heavy atom. The largest absolute Gasteiger partial charge is 0.395 e. The number of thioether (sulfide) groups is 1. The van der Waals surface area contributed by atoms with Crippen LogP contribution >= 0.6 is 11.8 Å². The minimum atomic E-state index is 0.184. The van der Waals surface area contributed by atoms with Crippen LogP contribution in [0.15, 0.2) is 11.2 Å². The second kappa shape index (κ2) is 8.45. The Bertz CT molecular complexity index is 340. The van der Waals surface area contributed by atoms with Gasteiger partial charge in [0.25, 0.3) is 0 Å². The molecule has 5 heteroatoms. The van der Waals surface area contributed by atoms with E-state index in [1.54, 1.807) is 11.8 Å². The van der Waals surface area contributed by atoms with E-state index in [9.17, 15) is 5.11 Å². The number of nitrogens with zero attached hydrogens (tertiary/aromatic N) is 2. The molecule has 0 amide bonds. The summed E-state index contributed by atoms with van der Waals surface area (Å²) in [7, 11) is 0. The fourth-order valence-corrected chi connectivity index (χ4v) is 2.66. The van der Waals surface area contributed by atoms with Crippen molar-refractivity contribution < 1.29 is 5.11 Å². The van der Waals surface area contributed by atoms with Gasteiger partial charge in [-0.05, 0) is 39.3 Å². The van der Waals surface area contributed by atoms with E-state index in [4.69, 9.17) is 0 Å². The maximum Gasteiger partial charge on any atom is 0.187 e. The Labute approximate surface area is 114 Å². The molecule has 102 valence electrons. The SMILES string of the molecule is CCCNC(CO)CCSc1nc(C)cc(C)n1. The highest BCUT2D eigenvalue weighted by atomic mass is 32.2. The third kappa shape index (κ3) is 5.80. The second-order valence-electron chi connectivity index (χ2n) is 4.40. The zero-order valence-electron chi connectivity index (χ0n) is 11.4. The molecule has 1 aromatic heterocycles. The molecule has 1 atom stereocenters. The van der Waals surface area contributed by atoms with Crippen molar-refractivity contribution in [2.24, 2.45) is 0 Å². The molecule has 1 aromatic rings. The lowest BCUT2D eigenvalue weighted by molar-refractivity contribution is 0.240. The van der Waals surface area contributed by atoms with Crippen LogP contribution in [0, 0.1) is 13.8 Å². The smallest absolute Gasteiger partial charge is 0.187 e. The Kier molecular flexibility index (Phi) is 7.23. The summed E-state index contributed by atoms with van der Waals surface area (Å²) in [5.41, 5.74) is 2.01. The highest BCUT2D eigenvalue weighted by Crippen LogP contribution is 2.15. The molecular weight excluding hydrogens is 246 g/mol. The van der Waals surface area contributed by atoms with Gasteiger partial charge in [0.05, 0.1) is 6.61 Å². The topological polar surface area (TPSA) is 58.0 Å². The third-order valence-corrected chi connectivity index (χ3v) is 3.44. The van der Waals surface area contributed by atoms with Gasteiger partial charge in [-0.1, -0.05) is 18.7 Å². The number of hydrogen-bond donors (Lipinski definition) is 2. The van der Waals surface area contributed by atoms with E-state index in [-0.39, 0.29) is 12.6 Å². The van der Waals surface area contributed by atoms with Gasteiger partial charge < -0.3 is 10.4 Å². The fourth-order valence-electron chi connectivity index (χ4n) is 1.66. The van der Waals surface area contributed by atoms with Crippen molar-refractivity contribution in [1.82, 2.24) is 15.3 Å². The molecule has 0 aliphatic heterocycles. The Morgan fingerprint density at radius 1 is 1.33 bits per heavy atom. The molecule has 18 heavy (non-hydrogen) atoms. The standard InChI is InChI=1S/C13H23N3OS/c1-4-6-14-12(9-17)5-7-18-13-15-10(2)8-11(3)16-13/h8,12,14,17H,4-7,9H2,1-3H3. The molecule has 0 fully saturated rings. The summed E-state index contributed by atoms with van der Waals surface area (Å²) in [6, 6.07) is 2.16. The molecule has 0 spiro atoms. The minimum Gasteiger partial charge on any atom is -0.395 e. The van der Waals surface area contributed by atoms with Crippen LogP contribution in [0.4, 0.5) is 0 Å². The lowest BCUT2D eigenvalue weighted by atomic mass is 10.2. The molecule has 4 nitrogen and oxygen atoms in total. The maximum atomic E-state index is 9.24. The molecule has 0 saturated heterocycles. The second-order valence-corrected chi connectivity index (χ2v) is 5.47. The molecule has 0 radical (unpaired) electrons. The number of hydrogen-bond acceptors (Lipinski definition) is 5. The molecular formula is C13H23N3OS. The fraction of sp³-hybridized carbons (Fsp3) is 0.692. The van der Waals surface area contributed by atoms with E-state index >= 15 is 0 Å². The monoisotopic (exact) mass is 269 g/mol. The zero-order valence-corrected chi connectivity index (χ0v) is 12.3. The van der Waals surface area contributed by atoms with Crippen LogP contribution in [-0.4, -0.2) is 40.0 Å². The maximum absolute atomic E-state index is 9.24. The van der Waals surface area contributed by atoms with Crippen molar-refractivity contribution in [3.63, 3.8) is 0 Å². The summed E-state index contributed by atoms with van der Waals surface area (Å²) in [6.45, 7) is 7.24. The van der Waals surface area contributed by atoms with Crippen LogP contribution < -0.4 is 5.32 Å². The van der Waals surface area contributed by atoms with Crippen molar-refractivity contribution in [3.05, 3.63) is 17.5 Å². The molecule has 0 aliphatic carbocycles. The van der Waals surface area contributed by atoms with Gasteiger partial charge in [0.15, 0.2) is 5.16 Å². The van der Waals surface area contributed by atoms with Crippen LogP contribution in [0.25, 0.3) is 0 Å². The molecule has 0 saturated carbocycles. The number of aliphatic hydroxyl groups is 1. The van der Waals surface area contributed by atoms with E-state index < -0.39 is 0 Å². The first-order chi connectivity index (χ1) is 8.65. The van der Waals surface area contributed by atoms with Crippen molar-refractivity contribution in [3.8, 4) is 0 Å². The van der Waals surface area contributed by atoms with E-state index in [0.717, 1.165) is 41.7 Å². The summed E-state index contributed by atoms with van der Waals surface area (Å²) in [5.74, 6) is 0.921. The molecule has 0 aliphatic rings. The van der Waals surface area contributed by atoms with Crippen molar-refractivity contribution >= 4 is 11.8 Å². The van der Waals surface area contributed by atoms with Gasteiger partial charge in [-0.2, -0.15) is 0 Å². The number of aromatic nitrogens is 2. The number of nitrogens with one attached hydrogen (secondary N) is 1. The van der Waals surface area contributed by atoms with Gasteiger partial charge >= 0.3 is 0 Å². The number of aryl methyl sites for hydroxylation is 2. The third-order valence-electron chi connectivity index (χ3n) is 2.56. The van der Waals surface area contributed by atoms with Crippen LogP contribution in [0.5, 0.6) is 0 Å². The number of rotatable bonds is 8. The summed E-state index contributed by atoms with van der Waals surface area (Å²) in [5, 5.41) is 13.4. The average molecular weight is 269 g/mol. The van der Waals surface area contributed by atoms with Crippen LogP contribution in [0.1, 0.15) is 31.2 Å². The van der Waals surface area contributed by atoms with Gasteiger partial charge in [-0.3, -0.25) is 0 Å². The molecule has 1 rings (SSSR count). The number of aliphatic hydroxyl groups excluding tert-OH is 1. The Hall–Kier alpha value is -0.650. The molecule has 0 aromatic carbocycles. The predicted octanol–water partition coefficient (Wildman–Crippen LogP) is 1.94. The quantitative estimate of drug-likeness (QED) is 0.558. The summed E-state index contributed by atoms with van der Waals surface area (Å²) < 4.78 is 0. The summed E-state index contributed by atoms with van der Waals surface area (Å²) in [6.07, 6.45) is 2.02. The summed E-state index contributed by atoms with van der Waals surface area (Å²) in [4.78, 5) is 8.78. The highest BCUT2D eigenvalue weighted by molar-refractivity contribution is 7.99. The van der Waals surface area contributed by atoms with Gasteiger partial charge in [0, 0.05) is 23.2 Å². The highest BCUT2D eigenvalue weighted by Gasteiger charge is 2.07. The predicted molar refractivity (Wildman–Crippen MR) is 76.0 cm³/mol. The lowest BCUT2D eigenvalue weighted by Crippen LogP contribution is -2.33. The van der Waals surface area contributed by atoms with E-state index in [1.165, 1.54) is 0 Å². The van der Waals surface area contributed by atoms with Crippen molar-refractivity contribution in [1.29, 1.82) is 0 Å². The molecule has 1 unspecified atom stereocenters. The first-order valence-electron chi connectivity index (χ1n) is 6.45. The van der Waals surface area contributed by atoms with E-state index in [2.05, 4.69) is 22.2 Å². The Balaban J connectivity index is 2.35. The van der Waals surface area contributed by atoms with E-state index in [0.29, 0.717) is 0 Å². The van der Waals surface area contributed by atoms with Crippen LogP contribution in [0.2, 0.25) is 0 Å². The van der Waals surface area contributed by atoms with Crippen molar-refractivity contribution in [2.45, 2.75) is 44.8 Å². The first-order valence-corrected chi connectivity index (χ1v) is 7.43.